The maximum Gasteiger partial charge on any atom is 0.259 e. The number of nitrogens with one attached hydrogen (secondary N) is 2. The molecule has 1 aliphatic carbocycles. The van der Waals surface area contributed by atoms with Gasteiger partial charge >= 0.3 is 0 Å². The van der Waals surface area contributed by atoms with E-state index in [1.54, 1.807) is 35.4 Å². The van der Waals surface area contributed by atoms with E-state index in [1.165, 1.54) is 30.6 Å². The van der Waals surface area contributed by atoms with E-state index in [-0.39, 0.29) is 5.91 Å². The second-order valence-corrected chi connectivity index (χ2v) is 8.99. The van der Waals surface area contributed by atoms with Gasteiger partial charge in [-0.1, -0.05) is 12.8 Å². The zero-order chi connectivity index (χ0) is 17.9. The summed E-state index contributed by atoms with van der Waals surface area (Å²) in [4.78, 5) is 19.5. The van der Waals surface area contributed by atoms with E-state index in [1.807, 2.05) is 12.1 Å². The molecule has 2 N–H and O–H groups in total. The summed E-state index contributed by atoms with van der Waals surface area (Å²) in [5.74, 6) is 0.357. The van der Waals surface area contributed by atoms with Gasteiger partial charge in [0.25, 0.3) is 5.91 Å². The third-order valence-electron chi connectivity index (χ3n) is 4.42. The average molecular weight is 385 g/mol. The summed E-state index contributed by atoms with van der Waals surface area (Å²) < 4.78 is 0. The van der Waals surface area contributed by atoms with Gasteiger partial charge in [0, 0.05) is 22.4 Å². The lowest BCUT2D eigenvalue weighted by Crippen LogP contribution is -2.14. The highest BCUT2D eigenvalue weighted by atomic mass is 32.2. The fourth-order valence-electron chi connectivity index (χ4n) is 3.10. The third-order valence-corrected chi connectivity index (χ3v) is 6.81. The van der Waals surface area contributed by atoms with E-state index in [2.05, 4.69) is 39.6 Å². The van der Waals surface area contributed by atoms with Gasteiger partial charge < -0.3 is 5.32 Å². The number of hydrogen-bond donors (Lipinski definition) is 2. The number of carbonyl (C=O) groups is 1. The van der Waals surface area contributed by atoms with Crippen molar-refractivity contribution in [2.75, 3.05) is 5.32 Å². The number of pyridine rings is 1. The number of thioether (sulfide) groups is 1. The highest BCUT2D eigenvalue weighted by Gasteiger charge is 2.21. The number of amides is 1. The number of aromatic nitrogens is 3. The lowest BCUT2D eigenvalue weighted by atomic mass is 10.2. The van der Waals surface area contributed by atoms with Crippen LogP contribution in [0.25, 0.3) is 10.6 Å². The highest BCUT2D eigenvalue weighted by Crippen LogP contribution is 2.35. The van der Waals surface area contributed by atoms with Crippen LogP contribution < -0.4 is 5.32 Å². The Hall–Kier alpha value is -2.12. The van der Waals surface area contributed by atoms with Crippen LogP contribution in [0.2, 0.25) is 0 Å². The summed E-state index contributed by atoms with van der Waals surface area (Å²) in [6.45, 7) is 2.07. The lowest BCUT2D eigenvalue weighted by Gasteiger charge is -2.11. The van der Waals surface area contributed by atoms with Crippen molar-refractivity contribution in [3.8, 4) is 10.6 Å². The van der Waals surface area contributed by atoms with E-state index in [0.717, 1.165) is 15.6 Å². The molecule has 1 aliphatic rings. The molecule has 0 radical (unpaired) electrons. The third kappa shape index (κ3) is 3.83. The standard InChI is InChI=1S/C19H20N4OS2/c1-12-8-9-16(25-12)15-11-17(23-22-15)21-18(24)14-7-4-10-20-19(14)26-13-5-2-3-6-13/h4,7-11,13H,2-3,5-6H2,1H3,(H2,21,22,23,24). The molecule has 0 spiro atoms. The van der Waals surface area contributed by atoms with Gasteiger partial charge in [-0.3, -0.25) is 9.89 Å². The fraction of sp³-hybridized carbons (Fsp3) is 0.316. The van der Waals surface area contributed by atoms with Crippen LogP contribution in [0.4, 0.5) is 5.82 Å². The molecule has 0 unspecified atom stereocenters. The molecular weight excluding hydrogens is 364 g/mol. The van der Waals surface area contributed by atoms with E-state index < -0.39 is 0 Å². The fourth-order valence-corrected chi connectivity index (χ4v) is 5.22. The van der Waals surface area contributed by atoms with Gasteiger partial charge in [0.15, 0.2) is 5.82 Å². The van der Waals surface area contributed by atoms with Gasteiger partial charge in [-0.05, 0) is 44.0 Å². The van der Waals surface area contributed by atoms with E-state index >= 15 is 0 Å². The Morgan fingerprint density at radius 2 is 2.15 bits per heavy atom. The SMILES string of the molecule is Cc1ccc(-c2cc(NC(=O)c3cccnc3SC3CCCC3)n[nH]2)s1. The van der Waals surface area contributed by atoms with Crippen molar-refractivity contribution >= 4 is 34.8 Å². The first kappa shape index (κ1) is 17.3. The first-order valence-electron chi connectivity index (χ1n) is 8.74. The summed E-state index contributed by atoms with van der Waals surface area (Å²) in [5.41, 5.74) is 1.52. The van der Waals surface area contributed by atoms with Gasteiger partial charge in [0.2, 0.25) is 0 Å². The summed E-state index contributed by atoms with van der Waals surface area (Å²) in [6.07, 6.45) is 6.69. The Morgan fingerprint density at radius 1 is 1.31 bits per heavy atom. The minimum absolute atomic E-state index is 0.168. The molecule has 26 heavy (non-hydrogen) atoms. The number of H-pyrrole nitrogens is 1. The Labute approximate surface area is 160 Å². The number of anilines is 1. The second-order valence-electron chi connectivity index (χ2n) is 6.41. The number of carbonyl (C=O) groups excluding carboxylic acids is 1. The molecule has 0 aromatic carbocycles. The zero-order valence-corrected chi connectivity index (χ0v) is 16.1. The molecule has 1 amide bonds. The quantitative estimate of drug-likeness (QED) is 0.640. The van der Waals surface area contributed by atoms with Crippen molar-refractivity contribution in [1.82, 2.24) is 15.2 Å². The average Bonchev–Trinajstić information content (AvgIpc) is 3.37. The van der Waals surface area contributed by atoms with E-state index in [4.69, 9.17) is 0 Å². The monoisotopic (exact) mass is 384 g/mol. The van der Waals surface area contributed by atoms with Gasteiger partial charge in [0.1, 0.15) is 5.03 Å². The van der Waals surface area contributed by atoms with Crippen LogP contribution in [0.15, 0.2) is 41.6 Å². The molecule has 7 heteroatoms. The summed E-state index contributed by atoms with van der Waals surface area (Å²) >= 11 is 3.42. The highest BCUT2D eigenvalue weighted by molar-refractivity contribution is 7.99. The number of aromatic amines is 1. The van der Waals surface area contributed by atoms with Crippen LogP contribution in [-0.2, 0) is 0 Å². The molecule has 4 rings (SSSR count). The molecule has 0 aliphatic heterocycles. The van der Waals surface area contributed by atoms with Gasteiger partial charge in [-0.25, -0.2) is 4.98 Å². The molecule has 5 nitrogen and oxygen atoms in total. The second kappa shape index (κ2) is 7.63. The maximum absolute atomic E-state index is 12.7. The van der Waals surface area contributed by atoms with Crippen LogP contribution in [0, 0.1) is 6.92 Å². The predicted octanol–water partition coefficient (Wildman–Crippen LogP) is 5.13. The molecule has 3 aromatic rings. The van der Waals surface area contributed by atoms with Gasteiger partial charge in [-0.15, -0.1) is 23.1 Å². The molecule has 1 saturated carbocycles. The summed E-state index contributed by atoms with van der Waals surface area (Å²) in [5, 5.41) is 11.5. The van der Waals surface area contributed by atoms with Crippen molar-refractivity contribution in [2.24, 2.45) is 0 Å². The van der Waals surface area contributed by atoms with E-state index in [9.17, 15) is 4.79 Å². The molecule has 134 valence electrons. The molecule has 3 heterocycles. The number of thiophene rings is 1. The van der Waals surface area contributed by atoms with Crippen LogP contribution in [0.3, 0.4) is 0 Å². The molecule has 1 fully saturated rings. The van der Waals surface area contributed by atoms with Crippen molar-refractivity contribution in [3.63, 3.8) is 0 Å². The normalized spacial score (nSPS) is 14.7. The van der Waals surface area contributed by atoms with E-state index in [0.29, 0.717) is 16.6 Å². The first-order valence-corrected chi connectivity index (χ1v) is 10.4. The summed E-state index contributed by atoms with van der Waals surface area (Å²) in [7, 11) is 0. The Kier molecular flexibility index (Phi) is 5.08. The van der Waals surface area contributed by atoms with Gasteiger partial charge in [0.05, 0.1) is 16.1 Å². The predicted molar refractivity (Wildman–Crippen MR) is 107 cm³/mol. The number of rotatable bonds is 5. The number of nitrogens with zero attached hydrogens (tertiary/aromatic N) is 2. The van der Waals surface area contributed by atoms with Crippen LogP contribution in [-0.4, -0.2) is 26.3 Å². The van der Waals surface area contributed by atoms with Crippen molar-refractivity contribution in [1.29, 1.82) is 0 Å². The van der Waals surface area contributed by atoms with Crippen molar-refractivity contribution in [2.45, 2.75) is 42.9 Å². The minimum Gasteiger partial charge on any atom is -0.305 e. The molecule has 3 aromatic heterocycles. The van der Waals surface area contributed by atoms with Crippen LogP contribution >= 0.6 is 23.1 Å². The Balaban J connectivity index is 1.49. The Morgan fingerprint density at radius 3 is 2.92 bits per heavy atom. The molecule has 0 atom stereocenters. The number of hydrogen-bond acceptors (Lipinski definition) is 5. The zero-order valence-electron chi connectivity index (χ0n) is 14.5. The van der Waals surface area contributed by atoms with Crippen LogP contribution in [0.1, 0.15) is 40.9 Å². The van der Waals surface area contributed by atoms with Crippen LogP contribution in [0.5, 0.6) is 0 Å². The smallest absolute Gasteiger partial charge is 0.259 e. The largest absolute Gasteiger partial charge is 0.305 e. The maximum atomic E-state index is 12.7. The minimum atomic E-state index is -0.168. The van der Waals surface area contributed by atoms with Crippen molar-refractivity contribution in [3.05, 3.63) is 47.0 Å². The molecule has 0 saturated heterocycles. The molecule has 0 bridgehead atoms. The lowest BCUT2D eigenvalue weighted by molar-refractivity contribution is 0.102. The van der Waals surface area contributed by atoms with Crippen molar-refractivity contribution < 1.29 is 4.79 Å². The number of aryl methyl sites for hydroxylation is 1. The topological polar surface area (TPSA) is 70.7 Å². The first-order chi connectivity index (χ1) is 12.7. The Bertz CT molecular complexity index is 912. The summed E-state index contributed by atoms with van der Waals surface area (Å²) in [6, 6.07) is 9.62. The molecular formula is C19H20N4OS2. The van der Waals surface area contributed by atoms with Gasteiger partial charge in [-0.2, -0.15) is 5.10 Å².